The van der Waals surface area contributed by atoms with Crippen LogP contribution in [0, 0.1) is 11.5 Å². The summed E-state index contributed by atoms with van der Waals surface area (Å²) in [4.78, 5) is 0. The van der Waals surface area contributed by atoms with Crippen LogP contribution in [0.5, 0.6) is 0 Å². The van der Waals surface area contributed by atoms with Crippen molar-refractivity contribution in [3.8, 4) is 6.19 Å². The van der Waals surface area contributed by atoms with E-state index in [0.29, 0.717) is 0 Å². The normalized spacial score (nSPS) is 29.5. The van der Waals surface area contributed by atoms with Gasteiger partial charge >= 0.3 is 0 Å². The summed E-state index contributed by atoms with van der Waals surface area (Å²) < 4.78 is 5.39. The molecule has 0 aliphatic carbocycles. The van der Waals surface area contributed by atoms with E-state index >= 15 is 0 Å². The Labute approximate surface area is 61.0 Å². The molecule has 1 heterocycles. The highest BCUT2D eigenvalue weighted by Crippen LogP contribution is 2.24. The van der Waals surface area contributed by atoms with Gasteiger partial charge in [-0.05, 0) is 20.3 Å². The molecule has 1 atom stereocenters. The molecule has 0 aromatic heterocycles. The van der Waals surface area contributed by atoms with Crippen LogP contribution >= 0.6 is 0 Å². The number of ether oxygens (including phenoxy) is 1. The summed E-state index contributed by atoms with van der Waals surface area (Å²) in [6.07, 6.45) is 2.87. The Morgan fingerprint density at radius 3 is 2.80 bits per heavy atom. The predicted octanol–water partition coefficient (Wildman–Crippen LogP) is 0.625. The van der Waals surface area contributed by atoms with Gasteiger partial charge in [0, 0.05) is 6.61 Å². The Bertz CT molecular complexity index is 159. The molecule has 1 saturated heterocycles. The van der Waals surface area contributed by atoms with Crippen LogP contribution in [0.25, 0.3) is 0 Å². The number of hydrogen-bond donors (Lipinski definition) is 1. The molecule has 10 heavy (non-hydrogen) atoms. The Morgan fingerprint density at radius 1 is 1.70 bits per heavy atom. The van der Waals surface area contributed by atoms with Gasteiger partial charge in [-0.25, -0.2) is 0 Å². The molecule has 3 nitrogen and oxygen atoms in total. The second kappa shape index (κ2) is 2.47. The van der Waals surface area contributed by atoms with Gasteiger partial charge < -0.3 is 10.1 Å². The highest BCUT2D eigenvalue weighted by molar-refractivity contribution is 4.93. The number of nitrogens with zero attached hydrogens (tertiary/aromatic N) is 1. The van der Waals surface area contributed by atoms with E-state index in [4.69, 9.17) is 10.00 Å². The lowest BCUT2D eigenvalue weighted by atomic mass is 10.00. The Kier molecular flexibility index (Phi) is 1.82. The van der Waals surface area contributed by atoms with E-state index < -0.39 is 0 Å². The van der Waals surface area contributed by atoms with Crippen molar-refractivity contribution in [3.63, 3.8) is 0 Å². The molecule has 1 fully saturated rings. The molecule has 0 bridgehead atoms. The number of nitriles is 1. The number of nitrogens with one attached hydrogen (secondary N) is 1. The first-order valence-electron chi connectivity index (χ1n) is 3.45. The zero-order valence-electron chi connectivity index (χ0n) is 6.35. The highest BCUT2D eigenvalue weighted by Gasteiger charge is 2.35. The molecular formula is C7H12N2O. The van der Waals surface area contributed by atoms with Crippen LogP contribution in [0.2, 0.25) is 0 Å². The predicted molar refractivity (Wildman–Crippen MR) is 37.2 cm³/mol. The Hall–Kier alpha value is -0.750. The summed E-state index contributed by atoms with van der Waals surface area (Å²) in [5, 5.41) is 11.1. The highest BCUT2D eigenvalue weighted by atomic mass is 16.5. The number of rotatable bonds is 1. The second-order valence-corrected chi connectivity index (χ2v) is 3.05. The molecule has 56 valence electrons. The van der Waals surface area contributed by atoms with Gasteiger partial charge in [0.2, 0.25) is 0 Å². The van der Waals surface area contributed by atoms with Crippen LogP contribution in [0.3, 0.4) is 0 Å². The minimum Gasteiger partial charge on any atom is -0.373 e. The summed E-state index contributed by atoms with van der Waals surface area (Å²) in [5.74, 6) is 0. The van der Waals surface area contributed by atoms with Crippen LogP contribution in [-0.2, 0) is 4.74 Å². The molecule has 0 saturated carbocycles. The van der Waals surface area contributed by atoms with Crippen molar-refractivity contribution in [1.29, 1.82) is 5.26 Å². The second-order valence-electron chi connectivity index (χ2n) is 3.05. The van der Waals surface area contributed by atoms with Gasteiger partial charge in [-0.3, -0.25) is 0 Å². The molecule has 0 spiro atoms. The maximum Gasteiger partial charge on any atom is 0.176 e. The van der Waals surface area contributed by atoms with Crippen LogP contribution in [0.15, 0.2) is 0 Å². The molecule has 1 N–H and O–H groups in total. The zero-order chi connectivity index (χ0) is 7.61. The maximum atomic E-state index is 8.34. The van der Waals surface area contributed by atoms with Gasteiger partial charge in [-0.15, -0.1) is 0 Å². The van der Waals surface area contributed by atoms with Crippen LogP contribution < -0.4 is 5.32 Å². The molecule has 1 unspecified atom stereocenters. The fourth-order valence-electron chi connectivity index (χ4n) is 1.21. The van der Waals surface area contributed by atoms with Crippen molar-refractivity contribution in [1.82, 2.24) is 5.32 Å². The average Bonchev–Trinajstić information content (AvgIpc) is 2.13. The van der Waals surface area contributed by atoms with E-state index in [2.05, 4.69) is 5.32 Å². The fraction of sp³-hybridized carbons (Fsp3) is 0.857. The van der Waals surface area contributed by atoms with Crippen LogP contribution in [0.4, 0.5) is 0 Å². The van der Waals surface area contributed by atoms with Crippen molar-refractivity contribution in [2.24, 2.45) is 0 Å². The van der Waals surface area contributed by atoms with Crippen LogP contribution in [0.1, 0.15) is 20.3 Å². The lowest BCUT2D eigenvalue weighted by Gasteiger charge is -2.23. The van der Waals surface area contributed by atoms with Gasteiger partial charge in [0.05, 0.1) is 11.6 Å². The van der Waals surface area contributed by atoms with Gasteiger partial charge in [0.15, 0.2) is 6.19 Å². The van der Waals surface area contributed by atoms with Crippen molar-refractivity contribution >= 4 is 0 Å². The van der Waals surface area contributed by atoms with E-state index in [-0.39, 0.29) is 11.6 Å². The van der Waals surface area contributed by atoms with E-state index in [9.17, 15) is 0 Å². The zero-order valence-corrected chi connectivity index (χ0v) is 6.35. The first kappa shape index (κ1) is 7.36. The van der Waals surface area contributed by atoms with Crippen molar-refractivity contribution in [2.45, 2.75) is 31.9 Å². The smallest absolute Gasteiger partial charge is 0.176 e. The molecule has 0 radical (unpaired) electrons. The summed E-state index contributed by atoms with van der Waals surface area (Å²) >= 11 is 0. The summed E-state index contributed by atoms with van der Waals surface area (Å²) in [6.45, 7) is 4.75. The van der Waals surface area contributed by atoms with Gasteiger partial charge in [-0.1, -0.05) is 0 Å². The lowest BCUT2D eigenvalue weighted by molar-refractivity contribution is 0.0244. The molecular weight excluding hydrogens is 128 g/mol. The van der Waals surface area contributed by atoms with Crippen molar-refractivity contribution < 1.29 is 4.74 Å². The van der Waals surface area contributed by atoms with E-state index in [1.165, 1.54) is 0 Å². The molecule has 3 heteroatoms. The topological polar surface area (TPSA) is 45.0 Å². The Balaban J connectivity index is 2.53. The maximum absolute atomic E-state index is 8.34. The molecule has 1 aliphatic heterocycles. The molecule has 0 aromatic carbocycles. The SMILES string of the molecule is CC1(C)OCCC1NC#N. The lowest BCUT2D eigenvalue weighted by Crippen LogP contribution is -2.40. The quantitative estimate of drug-likeness (QED) is 0.429. The van der Waals surface area contributed by atoms with Gasteiger partial charge in [0.1, 0.15) is 0 Å². The summed E-state index contributed by atoms with van der Waals surface area (Å²) in [6, 6.07) is 0.192. The van der Waals surface area contributed by atoms with Gasteiger partial charge in [-0.2, -0.15) is 5.26 Å². The molecule has 0 amide bonds. The summed E-state index contributed by atoms with van der Waals surface area (Å²) in [7, 11) is 0. The third-order valence-corrected chi connectivity index (χ3v) is 1.96. The minimum absolute atomic E-state index is 0.171. The number of hydrogen-bond acceptors (Lipinski definition) is 3. The third-order valence-electron chi connectivity index (χ3n) is 1.96. The van der Waals surface area contributed by atoms with E-state index in [1.54, 1.807) is 0 Å². The first-order chi connectivity index (χ1) is 4.67. The van der Waals surface area contributed by atoms with Crippen molar-refractivity contribution in [3.05, 3.63) is 0 Å². The average molecular weight is 140 g/mol. The first-order valence-corrected chi connectivity index (χ1v) is 3.45. The monoisotopic (exact) mass is 140 g/mol. The van der Waals surface area contributed by atoms with Gasteiger partial charge in [0.25, 0.3) is 0 Å². The molecule has 0 aromatic rings. The van der Waals surface area contributed by atoms with Crippen molar-refractivity contribution in [2.75, 3.05) is 6.61 Å². The minimum atomic E-state index is -0.171. The molecule has 1 aliphatic rings. The summed E-state index contributed by atoms with van der Waals surface area (Å²) in [5.41, 5.74) is -0.171. The van der Waals surface area contributed by atoms with E-state index in [0.717, 1.165) is 13.0 Å². The largest absolute Gasteiger partial charge is 0.373 e. The fourth-order valence-corrected chi connectivity index (χ4v) is 1.21. The standard InChI is InChI=1S/C7H12N2O/c1-7(2)6(9-5-8)3-4-10-7/h6,9H,3-4H2,1-2H3. The van der Waals surface area contributed by atoms with Crippen LogP contribution in [-0.4, -0.2) is 18.2 Å². The van der Waals surface area contributed by atoms with E-state index in [1.807, 2.05) is 20.0 Å². The molecule has 1 rings (SSSR count). The Morgan fingerprint density at radius 2 is 2.40 bits per heavy atom. The third kappa shape index (κ3) is 1.22.